The van der Waals surface area contributed by atoms with Gasteiger partial charge >= 0.3 is 6.03 Å². The summed E-state index contributed by atoms with van der Waals surface area (Å²) < 4.78 is 5.81. The van der Waals surface area contributed by atoms with Crippen molar-refractivity contribution >= 4 is 57.5 Å². The van der Waals surface area contributed by atoms with Gasteiger partial charge in [0.05, 0.1) is 0 Å². The number of benzene rings is 1. The SMILES string of the molecule is CC(C(=O)NO)N1CCC(NC(=O)Nc2nccs2)(c2ccc(OCc3cc(Cl)nc(Cl)c3)cc2)C1=O. The van der Waals surface area contributed by atoms with Crippen molar-refractivity contribution in [2.24, 2.45) is 0 Å². The number of amides is 4. The molecular formula is C23H22Cl2N6O5S. The fourth-order valence-electron chi connectivity index (χ4n) is 4.01. The molecule has 1 saturated heterocycles. The van der Waals surface area contributed by atoms with Crippen LogP contribution in [0.25, 0.3) is 0 Å². The lowest BCUT2D eigenvalue weighted by molar-refractivity contribution is -0.143. The first-order valence-corrected chi connectivity index (χ1v) is 12.6. The molecule has 4 amide bonds. The van der Waals surface area contributed by atoms with Crippen molar-refractivity contribution in [3.63, 3.8) is 0 Å². The van der Waals surface area contributed by atoms with E-state index in [1.54, 1.807) is 53.5 Å². The standard InChI is InChI=1S/C23H22Cl2N6O5S/c1-13(19(32)30-35)31-8-6-23(20(31)33,29-21(34)28-22-26-7-9-37-22)15-2-4-16(5-3-15)36-12-14-10-17(24)27-18(25)11-14/h2-5,7,9-11,13,35H,6,8,12H2,1H3,(H,30,32)(H2,26,28,29,34). The summed E-state index contributed by atoms with van der Waals surface area (Å²) in [6.07, 6.45) is 1.73. The minimum Gasteiger partial charge on any atom is -0.489 e. The molecule has 1 fully saturated rings. The van der Waals surface area contributed by atoms with Gasteiger partial charge in [0.2, 0.25) is 0 Å². The summed E-state index contributed by atoms with van der Waals surface area (Å²) in [4.78, 5) is 47.7. The number of anilines is 1. The zero-order valence-corrected chi connectivity index (χ0v) is 21.7. The van der Waals surface area contributed by atoms with Crippen molar-refractivity contribution in [2.45, 2.75) is 31.5 Å². The number of hydrogen-bond donors (Lipinski definition) is 4. The van der Waals surface area contributed by atoms with Crippen molar-refractivity contribution in [2.75, 3.05) is 11.9 Å². The Hall–Kier alpha value is -3.45. The normalized spacial score (nSPS) is 17.8. The van der Waals surface area contributed by atoms with E-state index in [1.807, 2.05) is 0 Å². The summed E-state index contributed by atoms with van der Waals surface area (Å²) >= 11 is 13.1. The Morgan fingerprint density at radius 1 is 1.24 bits per heavy atom. The average molecular weight is 565 g/mol. The quantitative estimate of drug-likeness (QED) is 0.186. The molecular weight excluding hydrogens is 543 g/mol. The second kappa shape index (κ2) is 11.3. The van der Waals surface area contributed by atoms with Gasteiger partial charge in [-0.2, -0.15) is 0 Å². The maximum Gasteiger partial charge on any atom is 0.322 e. The van der Waals surface area contributed by atoms with Gasteiger partial charge in [0.25, 0.3) is 11.8 Å². The number of urea groups is 1. The zero-order chi connectivity index (χ0) is 26.6. The van der Waals surface area contributed by atoms with E-state index in [0.29, 0.717) is 16.4 Å². The zero-order valence-electron chi connectivity index (χ0n) is 19.4. The van der Waals surface area contributed by atoms with E-state index in [0.717, 1.165) is 5.56 Å². The Labute approximate surface area is 225 Å². The molecule has 0 spiro atoms. The number of hydrogen-bond acceptors (Lipinski definition) is 8. The molecule has 3 aromatic rings. The average Bonchev–Trinajstić information content (AvgIpc) is 3.50. The fraction of sp³-hybridized carbons (Fsp3) is 0.261. The van der Waals surface area contributed by atoms with Crippen LogP contribution in [0.1, 0.15) is 24.5 Å². The van der Waals surface area contributed by atoms with Gasteiger partial charge in [-0.05, 0) is 42.3 Å². The van der Waals surface area contributed by atoms with Crippen LogP contribution in [-0.2, 0) is 21.7 Å². The number of nitrogens with zero attached hydrogens (tertiary/aromatic N) is 3. The highest BCUT2D eigenvalue weighted by Crippen LogP contribution is 2.36. The van der Waals surface area contributed by atoms with E-state index >= 15 is 0 Å². The van der Waals surface area contributed by atoms with E-state index in [2.05, 4.69) is 20.6 Å². The number of halogens is 2. The maximum absolute atomic E-state index is 13.6. The molecule has 0 bridgehead atoms. The highest BCUT2D eigenvalue weighted by Gasteiger charge is 2.51. The summed E-state index contributed by atoms with van der Waals surface area (Å²) in [7, 11) is 0. The van der Waals surface area contributed by atoms with Crippen LogP contribution in [0.5, 0.6) is 5.75 Å². The van der Waals surface area contributed by atoms with Crippen LogP contribution < -0.4 is 20.9 Å². The first kappa shape index (κ1) is 26.6. The predicted octanol–water partition coefficient (Wildman–Crippen LogP) is 3.57. The van der Waals surface area contributed by atoms with Gasteiger partial charge in [-0.15, -0.1) is 11.3 Å². The monoisotopic (exact) mass is 564 g/mol. The largest absolute Gasteiger partial charge is 0.489 e. The molecule has 14 heteroatoms. The Morgan fingerprint density at radius 3 is 2.57 bits per heavy atom. The lowest BCUT2D eigenvalue weighted by Crippen LogP contribution is -2.55. The molecule has 2 unspecified atom stereocenters. The first-order chi connectivity index (χ1) is 17.7. The highest BCUT2D eigenvalue weighted by atomic mass is 35.5. The molecule has 0 saturated carbocycles. The topological polar surface area (TPSA) is 146 Å². The Morgan fingerprint density at radius 2 is 1.95 bits per heavy atom. The molecule has 194 valence electrons. The van der Waals surface area contributed by atoms with E-state index in [1.165, 1.54) is 23.2 Å². The molecule has 37 heavy (non-hydrogen) atoms. The van der Waals surface area contributed by atoms with Crippen LogP contribution in [-0.4, -0.2) is 50.5 Å². The number of thiazole rings is 1. The van der Waals surface area contributed by atoms with Crippen molar-refractivity contribution in [1.82, 2.24) is 25.7 Å². The number of hydroxylamine groups is 1. The van der Waals surface area contributed by atoms with Gasteiger partial charge in [0, 0.05) is 24.5 Å². The number of aromatic nitrogens is 2. The van der Waals surface area contributed by atoms with Gasteiger partial charge in [-0.3, -0.25) is 20.1 Å². The maximum atomic E-state index is 13.6. The number of likely N-dealkylation sites (tertiary alicyclic amines) is 1. The number of nitrogens with one attached hydrogen (secondary N) is 3. The summed E-state index contributed by atoms with van der Waals surface area (Å²) in [6, 6.07) is 8.37. The molecule has 11 nitrogen and oxygen atoms in total. The molecule has 0 aliphatic carbocycles. The molecule has 1 aliphatic rings. The highest BCUT2D eigenvalue weighted by molar-refractivity contribution is 7.13. The van der Waals surface area contributed by atoms with Crippen LogP contribution >= 0.6 is 34.5 Å². The van der Waals surface area contributed by atoms with E-state index < -0.39 is 29.4 Å². The minimum absolute atomic E-state index is 0.173. The second-order valence-electron chi connectivity index (χ2n) is 8.16. The number of carbonyl (C=O) groups is 3. The van der Waals surface area contributed by atoms with Crippen LogP contribution in [0, 0.1) is 0 Å². The third kappa shape index (κ3) is 5.93. The second-order valence-corrected chi connectivity index (χ2v) is 9.83. The number of carbonyl (C=O) groups excluding carboxylic acids is 3. The molecule has 3 heterocycles. The number of ether oxygens (including phenoxy) is 1. The third-order valence-corrected chi connectivity index (χ3v) is 6.94. The van der Waals surface area contributed by atoms with Gasteiger partial charge in [-0.1, -0.05) is 35.3 Å². The fourth-order valence-corrected chi connectivity index (χ4v) is 5.04. The van der Waals surface area contributed by atoms with Gasteiger partial charge in [0.15, 0.2) is 5.13 Å². The van der Waals surface area contributed by atoms with Crippen LogP contribution in [0.15, 0.2) is 48.0 Å². The van der Waals surface area contributed by atoms with Crippen molar-refractivity contribution in [3.8, 4) is 5.75 Å². The van der Waals surface area contributed by atoms with Gasteiger partial charge in [-0.25, -0.2) is 20.2 Å². The van der Waals surface area contributed by atoms with E-state index in [-0.39, 0.29) is 29.9 Å². The Balaban J connectivity index is 1.56. The van der Waals surface area contributed by atoms with Crippen LogP contribution in [0.4, 0.5) is 9.93 Å². The van der Waals surface area contributed by atoms with Crippen LogP contribution in [0.2, 0.25) is 10.3 Å². The lowest BCUT2D eigenvalue weighted by Gasteiger charge is -2.31. The summed E-state index contributed by atoms with van der Waals surface area (Å²) in [6.45, 7) is 1.85. The molecule has 2 atom stereocenters. The minimum atomic E-state index is -1.46. The smallest absolute Gasteiger partial charge is 0.322 e. The van der Waals surface area contributed by atoms with E-state index in [4.69, 9.17) is 33.1 Å². The molecule has 1 aromatic carbocycles. The summed E-state index contributed by atoms with van der Waals surface area (Å²) in [5.74, 6) is -0.727. The Kier molecular flexibility index (Phi) is 8.13. The third-order valence-electron chi connectivity index (χ3n) is 5.87. The molecule has 4 N–H and O–H groups in total. The molecule has 2 aromatic heterocycles. The number of pyridine rings is 1. The number of rotatable bonds is 8. The van der Waals surface area contributed by atoms with Crippen molar-refractivity contribution in [3.05, 3.63) is 69.4 Å². The van der Waals surface area contributed by atoms with Gasteiger partial charge in [0.1, 0.15) is 34.2 Å². The molecule has 4 rings (SSSR count). The first-order valence-electron chi connectivity index (χ1n) is 11.0. The summed E-state index contributed by atoms with van der Waals surface area (Å²) in [5.41, 5.74) is 1.32. The van der Waals surface area contributed by atoms with Crippen LogP contribution in [0.3, 0.4) is 0 Å². The van der Waals surface area contributed by atoms with Crippen molar-refractivity contribution in [1.29, 1.82) is 0 Å². The lowest BCUT2D eigenvalue weighted by atomic mass is 9.88. The predicted molar refractivity (Wildman–Crippen MR) is 137 cm³/mol. The summed E-state index contributed by atoms with van der Waals surface area (Å²) in [5, 5.41) is 17.0. The molecule has 1 aliphatic heterocycles. The van der Waals surface area contributed by atoms with Gasteiger partial charge < -0.3 is 15.0 Å². The van der Waals surface area contributed by atoms with Crippen molar-refractivity contribution < 1.29 is 24.3 Å². The molecule has 0 radical (unpaired) electrons. The van der Waals surface area contributed by atoms with E-state index in [9.17, 15) is 14.4 Å². The Bertz CT molecular complexity index is 1270.